The maximum Gasteiger partial charge on any atom is 0.472 e. The summed E-state index contributed by atoms with van der Waals surface area (Å²) in [4.78, 5) is 23.5. The predicted octanol–water partition coefficient (Wildman–Crippen LogP) is 25.3. The van der Waals surface area contributed by atoms with Gasteiger partial charge in [0.1, 0.15) is 13.2 Å². The van der Waals surface area contributed by atoms with E-state index in [4.69, 9.17) is 9.05 Å². The van der Waals surface area contributed by atoms with Gasteiger partial charge in [0.15, 0.2) is 0 Å². The van der Waals surface area contributed by atoms with E-state index < -0.39 is 20.0 Å². The number of carbonyl (C=O) groups excluding carboxylic acids is 1. The molecule has 0 fully saturated rings. The zero-order valence-electron chi connectivity index (χ0n) is 59.7. The number of aliphatic hydroxyl groups is 1. The smallest absolute Gasteiger partial charge is 0.387 e. The maximum atomic E-state index is 13.1. The third-order valence-corrected chi connectivity index (χ3v) is 19.0. The summed E-state index contributed by atoms with van der Waals surface area (Å²) in [5, 5.41) is 14.0. The molecule has 3 N–H and O–H groups in total. The fourth-order valence-corrected chi connectivity index (χ4v) is 12.7. The number of amides is 1. The number of allylic oxidation sites excluding steroid dienone is 7. The lowest BCUT2D eigenvalue weighted by molar-refractivity contribution is -0.870. The van der Waals surface area contributed by atoms with Gasteiger partial charge in [-0.3, -0.25) is 13.8 Å². The minimum Gasteiger partial charge on any atom is -0.387 e. The van der Waals surface area contributed by atoms with Crippen LogP contribution in [0.1, 0.15) is 399 Å². The number of likely N-dealkylation sites (N-methyl/N-ethyl adjacent to an activating group) is 1. The van der Waals surface area contributed by atoms with E-state index in [0.29, 0.717) is 17.4 Å². The molecule has 0 aliphatic rings. The lowest BCUT2D eigenvalue weighted by Crippen LogP contribution is -2.45. The number of aliphatic hydroxyl groups excluding tert-OH is 1. The molecule has 0 spiro atoms. The average molecular weight is 1260 g/mol. The van der Waals surface area contributed by atoms with Crippen LogP contribution in [0.25, 0.3) is 0 Å². The minimum atomic E-state index is -4.36. The van der Waals surface area contributed by atoms with Crippen molar-refractivity contribution in [3.8, 4) is 0 Å². The van der Waals surface area contributed by atoms with Gasteiger partial charge in [0.25, 0.3) is 0 Å². The molecule has 0 aromatic carbocycles. The molecule has 0 saturated carbocycles. The molecule has 0 rings (SSSR count). The molecule has 520 valence electrons. The molecule has 9 heteroatoms. The number of nitrogens with one attached hydrogen (secondary N) is 1. The van der Waals surface area contributed by atoms with Gasteiger partial charge >= 0.3 is 7.82 Å². The quantitative estimate of drug-likeness (QED) is 0.0243. The van der Waals surface area contributed by atoms with Crippen LogP contribution in [0.5, 0.6) is 0 Å². The Morgan fingerprint density at radius 1 is 0.386 bits per heavy atom. The van der Waals surface area contributed by atoms with E-state index in [1.54, 1.807) is 6.08 Å². The van der Waals surface area contributed by atoms with Crippen molar-refractivity contribution in [2.45, 2.75) is 411 Å². The highest BCUT2D eigenvalue weighted by Crippen LogP contribution is 2.43. The van der Waals surface area contributed by atoms with Crippen molar-refractivity contribution in [2.24, 2.45) is 0 Å². The van der Waals surface area contributed by atoms with Crippen molar-refractivity contribution in [1.82, 2.24) is 5.32 Å². The molecule has 3 atom stereocenters. The Hall–Kier alpha value is -1.54. The van der Waals surface area contributed by atoms with Gasteiger partial charge in [0.05, 0.1) is 39.9 Å². The molecular formula is C79H154N2O6P+. The van der Waals surface area contributed by atoms with Gasteiger partial charge < -0.3 is 19.8 Å². The second-order valence-corrected chi connectivity index (χ2v) is 29.5. The van der Waals surface area contributed by atoms with E-state index in [0.717, 1.165) is 44.9 Å². The number of carbonyl (C=O) groups is 1. The van der Waals surface area contributed by atoms with Crippen molar-refractivity contribution < 1.29 is 32.9 Å². The zero-order chi connectivity index (χ0) is 64.1. The van der Waals surface area contributed by atoms with Crippen molar-refractivity contribution in [2.75, 3.05) is 40.9 Å². The first-order valence-corrected chi connectivity index (χ1v) is 40.5. The first-order valence-electron chi connectivity index (χ1n) is 39.0. The van der Waals surface area contributed by atoms with E-state index in [2.05, 4.69) is 55.6 Å². The van der Waals surface area contributed by atoms with Gasteiger partial charge in [0, 0.05) is 6.42 Å². The highest BCUT2D eigenvalue weighted by Gasteiger charge is 2.28. The molecule has 0 saturated heterocycles. The monoisotopic (exact) mass is 1260 g/mol. The fraction of sp³-hybridized carbons (Fsp3) is 0.886. The van der Waals surface area contributed by atoms with Crippen LogP contribution in [0.15, 0.2) is 48.6 Å². The van der Waals surface area contributed by atoms with Gasteiger partial charge in [-0.1, -0.05) is 377 Å². The number of hydrogen-bond acceptors (Lipinski definition) is 5. The molecule has 0 bridgehead atoms. The van der Waals surface area contributed by atoms with Crippen LogP contribution < -0.4 is 5.32 Å². The van der Waals surface area contributed by atoms with E-state index >= 15 is 0 Å². The highest BCUT2D eigenvalue weighted by atomic mass is 31.2. The Bertz CT molecular complexity index is 1580. The van der Waals surface area contributed by atoms with E-state index in [-0.39, 0.29) is 19.1 Å². The predicted molar refractivity (Wildman–Crippen MR) is 387 cm³/mol. The number of phosphoric ester groups is 1. The summed E-state index contributed by atoms with van der Waals surface area (Å²) < 4.78 is 23.8. The summed E-state index contributed by atoms with van der Waals surface area (Å²) in [5.74, 6) is -0.178. The summed E-state index contributed by atoms with van der Waals surface area (Å²) in [5.41, 5.74) is 0. The van der Waals surface area contributed by atoms with Crippen LogP contribution in [0.4, 0.5) is 0 Å². The van der Waals surface area contributed by atoms with E-state index in [1.807, 2.05) is 27.2 Å². The first kappa shape index (κ1) is 86.5. The third-order valence-electron chi connectivity index (χ3n) is 18.0. The molecule has 8 nitrogen and oxygen atoms in total. The van der Waals surface area contributed by atoms with Gasteiger partial charge in [-0.2, -0.15) is 0 Å². The Kier molecular flexibility index (Phi) is 68.6. The van der Waals surface area contributed by atoms with Gasteiger partial charge in [-0.25, -0.2) is 4.57 Å². The number of hydrogen-bond donors (Lipinski definition) is 3. The second-order valence-electron chi connectivity index (χ2n) is 28.1. The first-order chi connectivity index (χ1) is 43.0. The minimum absolute atomic E-state index is 0.0580. The summed E-state index contributed by atoms with van der Waals surface area (Å²) in [6.07, 6.45) is 96.0. The molecule has 3 unspecified atom stereocenters. The Morgan fingerprint density at radius 2 is 0.659 bits per heavy atom. The summed E-state index contributed by atoms with van der Waals surface area (Å²) in [7, 11) is 1.57. The lowest BCUT2D eigenvalue weighted by atomic mass is 10.0. The second kappa shape index (κ2) is 69.8. The normalized spacial score (nSPS) is 13.8. The largest absolute Gasteiger partial charge is 0.472 e. The standard InChI is InChI=1S/C79H153N2O6P/c1-6-8-10-12-14-16-18-20-22-24-26-28-30-32-33-34-35-36-37-38-39-40-41-42-43-44-45-46-47-49-51-53-55-57-59-61-63-65-67-69-71-73-79(83)80-77(76-87-88(84,85)86-75-74-81(3,4)5)78(82)72-70-68-66-64-62-60-58-56-54-52-50-48-31-29-27-25-23-21-19-17-15-13-11-9-7-2/h18,20,24,26,62,64,70,72,77-78,82H,6-17,19,21-23,25,27-61,63,65-69,71,73-76H2,1-5H3,(H-,80,83,84,85)/p+1/b20-18-,26-24-,64-62+,72-70+. The molecule has 0 aliphatic carbocycles. The van der Waals surface area contributed by atoms with E-state index in [9.17, 15) is 19.4 Å². The van der Waals surface area contributed by atoms with Gasteiger partial charge in [-0.05, 0) is 64.2 Å². The Morgan fingerprint density at radius 3 is 0.977 bits per heavy atom. The molecule has 0 heterocycles. The summed E-state index contributed by atoms with van der Waals surface area (Å²) in [6.45, 7) is 4.84. The molecule has 0 aliphatic heterocycles. The Balaban J connectivity index is 3.93. The molecule has 0 aromatic heterocycles. The van der Waals surface area contributed by atoms with Crippen LogP contribution in [0.2, 0.25) is 0 Å². The van der Waals surface area contributed by atoms with Crippen LogP contribution in [0, 0.1) is 0 Å². The SMILES string of the molecule is CCCCCCC/C=C\C/C=C\CCCCCCCCCCCCCCCCCCCCCCCCCCCCCCCC(=O)NC(COP(=O)(O)OCC[N+](C)(C)C)C(O)/C=C/CC/C=C/CCCCCCCCCCCCCCCCCCCCC. The number of nitrogens with zero attached hydrogens (tertiary/aromatic N) is 1. The molecule has 0 radical (unpaired) electrons. The molecule has 1 amide bonds. The van der Waals surface area contributed by atoms with Crippen molar-refractivity contribution in [3.63, 3.8) is 0 Å². The Labute approximate surface area is 549 Å². The average Bonchev–Trinajstić information content (AvgIpc) is 3.71. The number of unbranched alkanes of at least 4 members (excludes halogenated alkanes) is 54. The van der Waals surface area contributed by atoms with Gasteiger partial charge in [0.2, 0.25) is 5.91 Å². The van der Waals surface area contributed by atoms with Crippen LogP contribution in [0.3, 0.4) is 0 Å². The molecular weight excluding hydrogens is 1100 g/mol. The maximum absolute atomic E-state index is 13.1. The highest BCUT2D eigenvalue weighted by molar-refractivity contribution is 7.47. The summed E-state index contributed by atoms with van der Waals surface area (Å²) in [6, 6.07) is -0.864. The molecule has 0 aromatic rings. The summed E-state index contributed by atoms with van der Waals surface area (Å²) >= 11 is 0. The number of phosphoric acid groups is 1. The van der Waals surface area contributed by atoms with Crippen molar-refractivity contribution >= 4 is 13.7 Å². The van der Waals surface area contributed by atoms with Crippen LogP contribution >= 0.6 is 7.82 Å². The third kappa shape index (κ3) is 71.9. The fourth-order valence-electron chi connectivity index (χ4n) is 12.0. The van der Waals surface area contributed by atoms with Crippen molar-refractivity contribution in [3.05, 3.63) is 48.6 Å². The lowest BCUT2D eigenvalue weighted by Gasteiger charge is -2.25. The van der Waals surface area contributed by atoms with Crippen LogP contribution in [-0.4, -0.2) is 73.4 Å². The number of rotatable bonds is 73. The van der Waals surface area contributed by atoms with E-state index in [1.165, 1.54) is 334 Å². The number of quaternary nitrogens is 1. The van der Waals surface area contributed by atoms with Gasteiger partial charge in [-0.15, -0.1) is 0 Å². The zero-order valence-corrected chi connectivity index (χ0v) is 60.6. The van der Waals surface area contributed by atoms with Crippen LogP contribution in [-0.2, 0) is 18.4 Å². The molecule has 88 heavy (non-hydrogen) atoms. The van der Waals surface area contributed by atoms with Crippen molar-refractivity contribution in [1.29, 1.82) is 0 Å². The topological polar surface area (TPSA) is 105 Å².